The number of hydrogen-bond acceptors (Lipinski definition) is 2. The Kier molecular flexibility index (Phi) is 4.40. The zero-order chi connectivity index (χ0) is 10.4. The Balaban J connectivity index is 2.73. The molecule has 0 spiro atoms. The Morgan fingerprint density at radius 2 is 2.07 bits per heavy atom. The predicted octanol–water partition coefficient (Wildman–Crippen LogP) is 2.92. The van der Waals surface area contributed by atoms with Gasteiger partial charge in [-0.25, -0.2) is 4.79 Å². The molecule has 0 aromatic heterocycles. The second-order valence-corrected chi connectivity index (χ2v) is 3.28. The van der Waals surface area contributed by atoms with Gasteiger partial charge in [-0.05, 0) is 29.1 Å². The van der Waals surface area contributed by atoms with Crippen molar-refractivity contribution in [3.05, 3.63) is 46.5 Å². The fourth-order valence-corrected chi connectivity index (χ4v) is 1.26. The molecule has 0 saturated carbocycles. The van der Waals surface area contributed by atoms with Crippen LogP contribution in [0.5, 0.6) is 0 Å². The fraction of sp³-hybridized carbons (Fsp3) is 0.182. The van der Waals surface area contributed by atoms with Crippen LogP contribution in [0, 0.1) is 0 Å². The van der Waals surface area contributed by atoms with Gasteiger partial charge in [0, 0.05) is 0 Å². The van der Waals surface area contributed by atoms with Crippen molar-refractivity contribution in [2.24, 2.45) is 0 Å². The van der Waals surface area contributed by atoms with Crippen molar-refractivity contribution >= 4 is 21.9 Å². The third-order valence-electron chi connectivity index (χ3n) is 1.82. The summed E-state index contributed by atoms with van der Waals surface area (Å²) in [7, 11) is 1.38. The van der Waals surface area contributed by atoms with E-state index in [0.29, 0.717) is 5.56 Å². The van der Waals surface area contributed by atoms with Gasteiger partial charge >= 0.3 is 5.97 Å². The minimum Gasteiger partial charge on any atom is -0.465 e. The first kappa shape index (κ1) is 11.0. The maximum Gasteiger partial charge on any atom is 0.337 e. The highest BCUT2D eigenvalue weighted by Crippen LogP contribution is 2.07. The Morgan fingerprint density at radius 3 is 2.57 bits per heavy atom. The lowest BCUT2D eigenvalue weighted by atomic mass is 10.1. The summed E-state index contributed by atoms with van der Waals surface area (Å²) in [5.41, 5.74) is 1.74. The van der Waals surface area contributed by atoms with Crippen LogP contribution in [0.15, 0.2) is 35.3 Å². The zero-order valence-corrected chi connectivity index (χ0v) is 9.45. The lowest BCUT2D eigenvalue weighted by molar-refractivity contribution is 0.0601. The van der Waals surface area contributed by atoms with E-state index in [1.165, 1.54) is 7.11 Å². The van der Waals surface area contributed by atoms with Gasteiger partial charge in [-0.2, -0.15) is 0 Å². The zero-order valence-electron chi connectivity index (χ0n) is 7.87. The molecule has 3 heteroatoms. The number of esters is 1. The van der Waals surface area contributed by atoms with Gasteiger partial charge < -0.3 is 4.74 Å². The number of ether oxygens (including phenoxy) is 1. The van der Waals surface area contributed by atoms with E-state index < -0.39 is 0 Å². The maximum atomic E-state index is 11.1. The molecule has 0 heterocycles. The smallest absolute Gasteiger partial charge is 0.337 e. The highest BCUT2D eigenvalue weighted by atomic mass is 79.9. The minimum atomic E-state index is -0.299. The van der Waals surface area contributed by atoms with Crippen molar-refractivity contribution in [2.45, 2.75) is 6.42 Å². The van der Waals surface area contributed by atoms with E-state index in [0.717, 1.165) is 12.0 Å². The van der Waals surface area contributed by atoms with Gasteiger partial charge in [0.25, 0.3) is 0 Å². The number of benzene rings is 1. The summed E-state index contributed by atoms with van der Waals surface area (Å²) in [6.07, 6.45) is 2.85. The summed E-state index contributed by atoms with van der Waals surface area (Å²) in [6, 6.07) is 7.37. The first-order valence-electron chi connectivity index (χ1n) is 4.20. The van der Waals surface area contributed by atoms with E-state index in [4.69, 9.17) is 0 Å². The molecular weight excluding hydrogens is 244 g/mol. The molecule has 0 radical (unpaired) electrons. The van der Waals surface area contributed by atoms with Crippen LogP contribution in [0.3, 0.4) is 0 Å². The number of carbonyl (C=O) groups is 1. The van der Waals surface area contributed by atoms with Gasteiger partial charge in [-0.15, -0.1) is 0 Å². The van der Waals surface area contributed by atoms with E-state index in [1.807, 2.05) is 23.2 Å². The number of methoxy groups -OCH3 is 1. The molecule has 0 aliphatic carbocycles. The Bertz CT molecular complexity index is 328. The fourth-order valence-electron chi connectivity index (χ4n) is 1.08. The lowest BCUT2D eigenvalue weighted by Gasteiger charge is -2.00. The molecule has 74 valence electrons. The Morgan fingerprint density at radius 1 is 1.43 bits per heavy atom. The molecule has 1 rings (SSSR count). The van der Waals surface area contributed by atoms with E-state index in [1.54, 1.807) is 12.1 Å². The Hall–Kier alpha value is -1.09. The van der Waals surface area contributed by atoms with Crippen molar-refractivity contribution < 1.29 is 9.53 Å². The second-order valence-electron chi connectivity index (χ2n) is 2.75. The Labute approximate surface area is 91.7 Å². The molecule has 0 atom stereocenters. The first-order valence-corrected chi connectivity index (χ1v) is 5.12. The van der Waals surface area contributed by atoms with E-state index in [9.17, 15) is 4.79 Å². The largest absolute Gasteiger partial charge is 0.465 e. The van der Waals surface area contributed by atoms with Crippen LogP contribution in [0.25, 0.3) is 0 Å². The topological polar surface area (TPSA) is 26.3 Å². The third kappa shape index (κ3) is 3.00. The molecule has 1 aromatic rings. The van der Waals surface area contributed by atoms with Crippen molar-refractivity contribution in [1.29, 1.82) is 0 Å². The average Bonchev–Trinajstić information content (AvgIpc) is 2.26. The quantitative estimate of drug-likeness (QED) is 0.776. The number of halogens is 1. The van der Waals surface area contributed by atoms with Crippen LogP contribution in [-0.4, -0.2) is 13.1 Å². The summed E-state index contributed by atoms with van der Waals surface area (Å²) in [5.74, 6) is -0.299. The number of allylic oxidation sites excluding steroid dienone is 1. The molecule has 1 aromatic carbocycles. The van der Waals surface area contributed by atoms with Crippen molar-refractivity contribution in [3.8, 4) is 0 Å². The predicted molar refractivity (Wildman–Crippen MR) is 59.6 cm³/mol. The van der Waals surface area contributed by atoms with Crippen LogP contribution in [0.1, 0.15) is 15.9 Å². The highest BCUT2D eigenvalue weighted by Gasteiger charge is 2.03. The van der Waals surface area contributed by atoms with Gasteiger partial charge in [-0.3, -0.25) is 0 Å². The molecule has 0 aliphatic heterocycles. The molecule has 0 amide bonds. The number of hydrogen-bond donors (Lipinski definition) is 0. The summed E-state index contributed by atoms with van der Waals surface area (Å²) in [4.78, 5) is 12.9. The highest BCUT2D eigenvalue weighted by molar-refractivity contribution is 9.11. The van der Waals surface area contributed by atoms with Gasteiger partial charge in [0.2, 0.25) is 0 Å². The van der Waals surface area contributed by atoms with Crippen LogP contribution in [0.4, 0.5) is 0 Å². The summed E-state index contributed by atoms with van der Waals surface area (Å²) < 4.78 is 4.60. The van der Waals surface area contributed by atoms with Gasteiger partial charge in [0.15, 0.2) is 0 Å². The normalized spacial score (nSPS) is 10.4. The molecule has 0 bridgehead atoms. The molecule has 0 unspecified atom stereocenters. The van der Waals surface area contributed by atoms with Crippen LogP contribution in [-0.2, 0) is 11.2 Å². The standard InChI is InChI=1S/C11H11BrO2/c1-14-11(13)10-6-4-9(5-7-10)3-2-8-12/h2,4-8H,3H2,1H3/b8-2+. The second kappa shape index (κ2) is 5.60. The summed E-state index contributed by atoms with van der Waals surface area (Å²) >= 11 is 3.20. The lowest BCUT2D eigenvalue weighted by Crippen LogP contribution is -2.00. The molecular formula is C11H11BrO2. The average molecular weight is 255 g/mol. The molecule has 0 fully saturated rings. The van der Waals surface area contributed by atoms with Crippen molar-refractivity contribution in [3.63, 3.8) is 0 Å². The number of rotatable bonds is 3. The summed E-state index contributed by atoms with van der Waals surface area (Å²) in [6.45, 7) is 0. The van der Waals surface area contributed by atoms with Gasteiger partial charge in [-0.1, -0.05) is 34.1 Å². The molecule has 0 aliphatic rings. The van der Waals surface area contributed by atoms with Gasteiger partial charge in [0.1, 0.15) is 0 Å². The minimum absolute atomic E-state index is 0.299. The molecule has 0 N–H and O–H groups in total. The number of carbonyl (C=O) groups excluding carboxylic acids is 1. The summed E-state index contributed by atoms with van der Waals surface area (Å²) in [5, 5.41) is 0. The van der Waals surface area contributed by atoms with Crippen LogP contribution in [0.2, 0.25) is 0 Å². The van der Waals surface area contributed by atoms with Crippen molar-refractivity contribution in [1.82, 2.24) is 0 Å². The van der Waals surface area contributed by atoms with Crippen LogP contribution < -0.4 is 0 Å². The first-order chi connectivity index (χ1) is 6.77. The monoisotopic (exact) mass is 254 g/mol. The van der Waals surface area contributed by atoms with Crippen LogP contribution >= 0.6 is 15.9 Å². The van der Waals surface area contributed by atoms with Gasteiger partial charge in [0.05, 0.1) is 12.7 Å². The molecule has 2 nitrogen and oxygen atoms in total. The van der Waals surface area contributed by atoms with E-state index in [2.05, 4.69) is 20.7 Å². The van der Waals surface area contributed by atoms with E-state index >= 15 is 0 Å². The maximum absolute atomic E-state index is 11.1. The SMILES string of the molecule is COC(=O)c1ccc(C/C=C/Br)cc1. The third-order valence-corrected chi connectivity index (χ3v) is 2.19. The van der Waals surface area contributed by atoms with Crippen molar-refractivity contribution in [2.75, 3.05) is 7.11 Å². The van der Waals surface area contributed by atoms with E-state index in [-0.39, 0.29) is 5.97 Å². The molecule has 0 saturated heterocycles. The molecule has 14 heavy (non-hydrogen) atoms.